The number of hydrogen-bond acceptors (Lipinski definition) is 3. The number of imidazole rings is 1. The lowest BCUT2D eigenvalue weighted by Crippen LogP contribution is -2.36. The molecule has 17 heavy (non-hydrogen) atoms. The highest BCUT2D eigenvalue weighted by molar-refractivity contribution is 4.87. The molecule has 0 amide bonds. The van der Waals surface area contributed by atoms with E-state index in [1.54, 1.807) is 13.3 Å². The van der Waals surface area contributed by atoms with Gasteiger partial charge in [-0.15, -0.1) is 0 Å². The molecule has 1 rings (SSSR count). The summed E-state index contributed by atoms with van der Waals surface area (Å²) in [7, 11) is 1.77. The molecule has 1 atom stereocenters. The van der Waals surface area contributed by atoms with E-state index in [2.05, 4.69) is 36.1 Å². The fraction of sp³-hybridized carbons (Fsp3) is 0.769. The summed E-state index contributed by atoms with van der Waals surface area (Å²) in [5.41, 5.74) is -0.0482. The van der Waals surface area contributed by atoms with Gasteiger partial charge in [-0.25, -0.2) is 4.98 Å². The Morgan fingerprint density at radius 3 is 2.88 bits per heavy atom. The van der Waals surface area contributed by atoms with Crippen molar-refractivity contribution in [2.45, 2.75) is 51.7 Å². The highest BCUT2D eigenvalue weighted by Crippen LogP contribution is 2.15. The molecule has 0 aliphatic rings. The van der Waals surface area contributed by atoms with Crippen molar-refractivity contribution in [1.29, 1.82) is 0 Å². The van der Waals surface area contributed by atoms with Gasteiger partial charge in [0.2, 0.25) is 0 Å². The van der Waals surface area contributed by atoms with Crippen molar-refractivity contribution >= 4 is 0 Å². The van der Waals surface area contributed by atoms with Crippen molar-refractivity contribution in [2.75, 3.05) is 13.7 Å². The Kier molecular flexibility index (Phi) is 5.65. The van der Waals surface area contributed by atoms with Crippen LogP contribution in [0.1, 0.15) is 39.4 Å². The Labute approximate surface area is 104 Å². The van der Waals surface area contributed by atoms with Crippen LogP contribution in [0.5, 0.6) is 0 Å². The molecule has 1 unspecified atom stereocenters. The summed E-state index contributed by atoms with van der Waals surface area (Å²) >= 11 is 0. The SMILES string of the molecule is COC(C)(C)CC(C)NCCCc1ncc[nH]1. The van der Waals surface area contributed by atoms with Crippen LogP contribution in [0.2, 0.25) is 0 Å². The summed E-state index contributed by atoms with van der Waals surface area (Å²) in [6.45, 7) is 7.46. The third-order valence-corrected chi connectivity index (χ3v) is 2.99. The molecule has 0 aliphatic carbocycles. The quantitative estimate of drug-likeness (QED) is 0.683. The second-order valence-electron chi connectivity index (χ2n) is 5.16. The second-order valence-corrected chi connectivity index (χ2v) is 5.16. The minimum atomic E-state index is -0.0482. The average Bonchev–Trinajstić information content (AvgIpc) is 2.77. The fourth-order valence-corrected chi connectivity index (χ4v) is 1.93. The van der Waals surface area contributed by atoms with Crippen LogP contribution in [-0.2, 0) is 11.2 Å². The lowest BCUT2D eigenvalue weighted by atomic mass is 10.00. The number of nitrogens with one attached hydrogen (secondary N) is 2. The molecule has 4 heteroatoms. The molecule has 0 spiro atoms. The van der Waals surface area contributed by atoms with Crippen molar-refractivity contribution in [2.24, 2.45) is 0 Å². The normalized spacial score (nSPS) is 13.9. The van der Waals surface area contributed by atoms with Gasteiger partial charge in [0, 0.05) is 32.0 Å². The van der Waals surface area contributed by atoms with Crippen molar-refractivity contribution < 1.29 is 4.74 Å². The first-order valence-electron chi connectivity index (χ1n) is 6.30. The van der Waals surface area contributed by atoms with Crippen LogP contribution in [0.15, 0.2) is 12.4 Å². The predicted octanol–water partition coefficient (Wildman–Crippen LogP) is 2.14. The Morgan fingerprint density at radius 1 is 1.53 bits per heavy atom. The molecular formula is C13H25N3O. The highest BCUT2D eigenvalue weighted by Gasteiger charge is 2.19. The summed E-state index contributed by atoms with van der Waals surface area (Å²) in [4.78, 5) is 7.32. The molecule has 0 radical (unpaired) electrons. The Morgan fingerprint density at radius 2 is 2.29 bits per heavy atom. The monoisotopic (exact) mass is 239 g/mol. The van der Waals surface area contributed by atoms with E-state index in [1.807, 2.05) is 6.20 Å². The Balaban J connectivity index is 2.10. The van der Waals surface area contributed by atoms with Crippen LogP contribution in [0, 0.1) is 0 Å². The number of rotatable bonds is 8. The van der Waals surface area contributed by atoms with E-state index in [0.717, 1.165) is 31.6 Å². The zero-order chi connectivity index (χ0) is 12.7. The van der Waals surface area contributed by atoms with Gasteiger partial charge in [0.15, 0.2) is 0 Å². The molecule has 1 heterocycles. The van der Waals surface area contributed by atoms with Crippen LogP contribution in [-0.4, -0.2) is 35.3 Å². The number of hydrogen-bond donors (Lipinski definition) is 2. The second kappa shape index (κ2) is 6.77. The lowest BCUT2D eigenvalue weighted by molar-refractivity contribution is 0.00860. The number of H-pyrrole nitrogens is 1. The molecule has 0 bridgehead atoms. The minimum Gasteiger partial charge on any atom is -0.379 e. The first kappa shape index (κ1) is 14.2. The molecular weight excluding hydrogens is 214 g/mol. The van der Waals surface area contributed by atoms with Crippen LogP contribution < -0.4 is 5.32 Å². The van der Waals surface area contributed by atoms with Gasteiger partial charge >= 0.3 is 0 Å². The van der Waals surface area contributed by atoms with Crippen molar-refractivity contribution in [3.8, 4) is 0 Å². The molecule has 1 aromatic rings. The van der Waals surface area contributed by atoms with Crippen LogP contribution in [0.25, 0.3) is 0 Å². The van der Waals surface area contributed by atoms with E-state index in [9.17, 15) is 0 Å². The third-order valence-electron chi connectivity index (χ3n) is 2.99. The standard InChI is InChI=1S/C13H25N3O/c1-11(10-13(2,3)17-4)14-7-5-6-12-15-8-9-16-12/h8-9,11,14H,5-7,10H2,1-4H3,(H,15,16). The van der Waals surface area contributed by atoms with E-state index in [0.29, 0.717) is 6.04 Å². The average molecular weight is 239 g/mol. The van der Waals surface area contributed by atoms with Crippen LogP contribution in [0.3, 0.4) is 0 Å². The van der Waals surface area contributed by atoms with E-state index in [1.165, 1.54) is 0 Å². The molecule has 0 saturated carbocycles. The van der Waals surface area contributed by atoms with Crippen LogP contribution in [0.4, 0.5) is 0 Å². The number of aryl methyl sites for hydroxylation is 1. The zero-order valence-corrected chi connectivity index (χ0v) is 11.4. The maximum absolute atomic E-state index is 5.42. The summed E-state index contributed by atoms with van der Waals surface area (Å²) in [5.74, 6) is 1.07. The molecule has 0 aromatic carbocycles. The summed E-state index contributed by atoms with van der Waals surface area (Å²) < 4.78 is 5.42. The fourth-order valence-electron chi connectivity index (χ4n) is 1.93. The summed E-state index contributed by atoms with van der Waals surface area (Å²) in [6, 6.07) is 0.474. The number of aromatic nitrogens is 2. The summed E-state index contributed by atoms with van der Waals surface area (Å²) in [5, 5.41) is 3.51. The first-order chi connectivity index (χ1) is 8.03. The van der Waals surface area contributed by atoms with E-state index < -0.39 is 0 Å². The maximum Gasteiger partial charge on any atom is 0.106 e. The van der Waals surface area contributed by atoms with Crippen LogP contribution >= 0.6 is 0 Å². The Hall–Kier alpha value is -0.870. The van der Waals surface area contributed by atoms with E-state index in [-0.39, 0.29) is 5.60 Å². The molecule has 4 nitrogen and oxygen atoms in total. The van der Waals surface area contributed by atoms with Gasteiger partial charge < -0.3 is 15.0 Å². The summed E-state index contributed by atoms with van der Waals surface area (Å²) in [6.07, 6.45) is 6.79. The molecule has 1 aromatic heterocycles. The number of methoxy groups -OCH3 is 1. The van der Waals surface area contributed by atoms with Crippen molar-refractivity contribution in [3.05, 3.63) is 18.2 Å². The van der Waals surface area contributed by atoms with Gasteiger partial charge in [-0.1, -0.05) is 0 Å². The largest absolute Gasteiger partial charge is 0.379 e. The lowest BCUT2D eigenvalue weighted by Gasteiger charge is -2.27. The van der Waals surface area contributed by atoms with Gasteiger partial charge in [0.05, 0.1) is 5.60 Å². The molecule has 0 fully saturated rings. The minimum absolute atomic E-state index is 0.0482. The first-order valence-corrected chi connectivity index (χ1v) is 6.30. The van der Waals surface area contributed by atoms with E-state index in [4.69, 9.17) is 4.74 Å². The van der Waals surface area contributed by atoms with Crippen molar-refractivity contribution in [3.63, 3.8) is 0 Å². The molecule has 0 saturated heterocycles. The number of nitrogens with zero attached hydrogens (tertiary/aromatic N) is 1. The molecule has 2 N–H and O–H groups in total. The zero-order valence-electron chi connectivity index (χ0n) is 11.4. The number of aromatic amines is 1. The number of ether oxygens (including phenoxy) is 1. The van der Waals surface area contributed by atoms with E-state index >= 15 is 0 Å². The van der Waals surface area contributed by atoms with Gasteiger partial charge in [-0.2, -0.15) is 0 Å². The van der Waals surface area contributed by atoms with Crippen molar-refractivity contribution in [1.82, 2.24) is 15.3 Å². The van der Waals surface area contributed by atoms with Gasteiger partial charge in [0.25, 0.3) is 0 Å². The maximum atomic E-state index is 5.42. The molecule has 0 aliphatic heterocycles. The predicted molar refractivity (Wildman–Crippen MR) is 70.1 cm³/mol. The highest BCUT2D eigenvalue weighted by atomic mass is 16.5. The topological polar surface area (TPSA) is 49.9 Å². The van der Waals surface area contributed by atoms with Gasteiger partial charge in [-0.05, 0) is 40.2 Å². The Bertz CT molecular complexity index is 296. The van der Waals surface area contributed by atoms with Gasteiger partial charge in [0.1, 0.15) is 5.82 Å². The molecule has 98 valence electrons. The van der Waals surface area contributed by atoms with Gasteiger partial charge in [-0.3, -0.25) is 0 Å². The smallest absolute Gasteiger partial charge is 0.106 e. The third kappa shape index (κ3) is 5.84.